The Morgan fingerprint density at radius 3 is 1.57 bits per heavy atom. The van der Waals surface area contributed by atoms with E-state index < -0.39 is 0 Å². The van der Waals surface area contributed by atoms with Crippen LogP contribution in [0.15, 0.2) is 128 Å². The van der Waals surface area contributed by atoms with E-state index in [9.17, 15) is 0 Å². The van der Waals surface area contributed by atoms with E-state index in [4.69, 9.17) is 4.98 Å². The average Bonchev–Trinajstić information content (AvgIpc) is 3.35. The Morgan fingerprint density at radius 1 is 0.405 bits per heavy atom. The van der Waals surface area contributed by atoms with Gasteiger partial charge in [0.25, 0.3) is 0 Å². The predicted molar refractivity (Wildman–Crippen MR) is 158 cm³/mol. The third-order valence-electron chi connectivity index (χ3n) is 7.53. The molecule has 0 radical (unpaired) electrons. The van der Waals surface area contributed by atoms with Crippen molar-refractivity contribution in [3.63, 3.8) is 0 Å². The van der Waals surface area contributed by atoms with Gasteiger partial charge in [0.1, 0.15) is 0 Å². The van der Waals surface area contributed by atoms with Crippen LogP contribution < -0.4 is 0 Å². The molecule has 1 aliphatic rings. The molecular formula is C35H21NS. The van der Waals surface area contributed by atoms with Crippen molar-refractivity contribution in [2.75, 3.05) is 0 Å². The van der Waals surface area contributed by atoms with Crippen LogP contribution in [0.5, 0.6) is 0 Å². The van der Waals surface area contributed by atoms with Gasteiger partial charge in [-0.1, -0.05) is 109 Å². The highest BCUT2D eigenvalue weighted by Gasteiger charge is 2.24. The number of nitrogens with zero attached hydrogens (tertiary/aromatic N) is 1. The molecule has 0 fully saturated rings. The van der Waals surface area contributed by atoms with Crippen LogP contribution in [0, 0.1) is 0 Å². The molecule has 7 aromatic rings. The number of rotatable bonds is 1. The maximum absolute atomic E-state index is 4.72. The third kappa shape index (κ3) is 3.00. The van der Waals surface area contributed by atoms with Gasteiger partial charge in [0.05, 0.1) is 10.2 Å². The molecule has 5 aromatic carbocycles. The number of benzene rings is 5. The summed E-state index contributed by atoms with van der Waals surface area (Å²) >= 11 is 1.84. The van der Waals surface area contributed by atoms with Gasteiger partial charge in [-0.25, -0.2) is 0 Å². The Balaban J connectivity index is 1.54. The molecule has 8 rings (SSSR count). The summed E-state index contributed by atoms with van der Waals surface area (Å²) in [5.41, 5.74) is 13.8. The first-order valence-electron chi connectivity index (χ1n) is 12.6. The molecule has 0 atom stereocenters. The molecule has 2 heterocycles. The molecular weight excluding hydrogens is 466 g/mol. The third-order valence-corrected chi connectivity index (χ3v) is 8.72. The van der Waals surface area contributed by atoms with Crippen LogP contribution in [0.1, 0.15) is 0 Å². The molecule has 2 heteroatoms. The quantitative estimate of drug-likeness (QED) is 0.224. The van der Waals surface area contributed by atoms with Gasteiger partial charge < -0.3 is 0 Å². The predicted octanol–water partition coefficient (Wildman–Crippen LogP) is 10.1. The molecule has 0 N–H and O–H groups in total. The second-order valence-corrected chi connectivity index (χ2v) is 10.6. The zero-order valence-electron chi connectivity index (χ0n) is 20.0. The molecule has 1 aliphatic carbocycles. The van der Waals surface area contributed by atoms with Crippen molar-refractivity contribution in [3.8, 4) is 55.6 Å². The van der Waals surface area contributed by atoms with Crippen LogP contribution in [0.2, 0.25) is 0 Å². The van der Waals surface area contributed by atoms with Gasteiger partial charge in [0.15, 0.2) is 0 Å². The number of pyridine rings is 1. The lowest BCUT2D eigenvalue weighted by Gasteiger charge is -2.25. The molecule has 0 unspecified atom stereocenters. The Morgan fingerprint density at radius 2 is 0.892 bits per heavy atom. The van der Waals surface area contributed by atoms with E-state index in [-0.39, 0.29) is 0 Å². The van der Waals surface area contributed by atoms with Gasteiger partial charge in [0, 0.05) is 21.8 Å². The van der Waals surface area contributed by atoms with Crippen molar-refractivity contribution in [1.82, 2.24) is 4.98 Å². The zero-order chi connectivity index (χ0) is 24.3. The first-order chi connectivity index (χ1) is 18.4. The first kappa shape index (κ1) is 20.6. The fourth-order valence-electron chi connectivity index (χ4n) is 5.96. The van der Waals surface area contributed by atoms with E-state index in [1.165, 1.54) is 70.4 Å². The van der Waals surface area contributed by atoms with Crippen molar-refractivity contribution in [2.24, 2.45) is 0 Å². The van der Waals surface area contributed by atoms with Gasteiger partial charge in [0.2, 0.25) is 0 Å². The number of thiophene rings is 1. The summed E-state index contributed by atoms with van der Waals surface area (Å²) in [5.74, 6) is 0. The molecule has 0 amide bonds. The largest absolute Gasteiger partial charge is 0.255 e. The summed E-state index contributed by atoms with van der Waals surface area (Å²) in [4.78, 5) is 4.72. The Labute approximate surface area is 219 Å². The van der Waals surface area contributed by atoms with Crippen LogP contribution in [0.25, 0.3) is 75.9 Å². The highest BCUT2D eigenvalue weighted by Crippen LogP contribution is 2.51. The highest BCUT2D eigenvalue weighted by molar-refractivity contribution is 7.26. The standard InChI is InChI=1S/C35H21NS/c1-2-11-23-22(10-1)24-12-3-4-13-26(24)28-16-7-17-29(33(28)27-15-6-5-14-25(23)27)30-18-8-19-31-34-32(37-35(30)31)20-9-21-36-34/h1-21H. The smallest absolute Gasteiger partial charge is 0.0888 e. The van der Waals surface area contributed by atoms with E-state index in [0.717, 1.165) is 5.52 Å². The maximum Gasteiger partial charge on any atom is 0.0888 e. The number of hydrogen-bond donors (Lipinski definition) is 0. The summed E-state index contributed by atoms with van der Waals surface area (Å²) in [5, 5.41) is 1.22. The first-order valence-corrected chi connectivity index (χ1v) is 13.4. The number of aromatic nitrogens is 1. The molecule has 2 aromatic heterocycles. The minimum absolute atomic E-state index is 1.09. The van der Waals surface area contributed by atoms with Gasteiger partial charge >= 0.3 is 0 Å². The monoisotopic (exact) mass is 487 g/mol. The van der Waals surface area contributed by atoms with E-state index in [0.29, 0.717) is 0 Å². The molecule has 0 saturated carbocycles. The summed E-state index contributed by atoms with van der Waals surface area (Å²) in [6.45, 7) is 0. The van der Waals surface area contributed by atoms with E-state index in [1.807, 2.05) is 23.6 Å². The van der Waals surface area contributed by atoms with Crippen molar-refractivity contribution < 1.29 is 0 Å². The zero-order valence-corrected chi connectivity index (χ0v) is 20.8. The fraction of sp³-hybridized carbons (Fsp3) is 0. The van der Waals surface area contributed by atoms with Gasteiger partial charge in [-0.15, -0.1) is 11.3 Å². The molecule has 0 bridgehead atoms. The lowest BCUT2D eigenvalue weighted by atomic mass is 9.78. The van der Waals surface area contributed by atoms with E-state index in [2.05, 4.69) is 115 Å². The lowest BCUT2D eigenvalue weighted by molar-refractivity contribution is 1.44. The average molecular weight is 488 g/mol. The van der Waals surface area contributed by atoms with Gasteiger partial charge in [-0.05, 0) is 62.2 Å². The second-order valence-electron chi connectivity index (χ2n) is 9.50. The SMILES string of the molecule is c1ccc2c(c1)-c1ccccc1-c1cccc(-c3cccc4c3sc3cccnc34)c1-c1ccccc1-2. The van der Waals surface area contributed by atoms with E-state index in [1.54, 1.807) is 0 Å². The van der Waals surface area contributed by atoms with Crippen LogP contribution in [-0.2, 0) is 0 Å². The minimum atomic E-state index is 1.09. The summed E-state index contributed by atoms with van der Waals surface area (Å²) < 4.78 is 2.52. The van der Waals surface area contributed by atoms with Crippen molar-refractivity contribution >= 4 is 31.6 Å². The highest BCUT2D eigenvalue weighted by atomic mass is 32.1. The van der Waals surface area contributed by atoms with Crippen molar-refractivity contribution in [3.05, 3.63) is 128 Å². The Hall–Kier alpha value is -4.53. The summed E-state index contributed by atoms with van der Waals surface area (Å²) in [7, 11) is 0. The van der Waals surface area contributed by atoms with E-state index >= 15 is 0 Å². The molecule has 172 valence electrons. The van der Waals surface area contributed by atoms with Crippen molar-refractivity contribution in [2.45, 2.75) is 0 Å². The Bertz CT molecular complexity index is 1990. The molecule has 1 nitrogen and oxygen atoms in total. The van der Waals surface area contributed by atoms with Crippen LogP contribution >= 0.6 is 11.3 Å². The number of fused-ring (bicyclic) bond motifs is 11. The van der Waals surface area contributed by atoms with Crippen molar-refractivity contribution in [1.29, 1.82) is 0 Å². The van der Waals surface area contributed by atoms with Crippen LogP contribution in [0.4, 0.5) is 0 Å². The van der Waals surface area contributed by atoms with Gasteiger partial charge in [-0.2, -0.15) is 0 Å². The lowest BCUT2D eigenvalue weighted by Crippen LogP contribution is -1.98. The molecule has 0 saturated heterocycles. The molecule has 37 heavy (non-hydrogen) atoms. The van der Waals surface area contributed by atoms with Crippen LogP contribution in [0.3, 0.4) is 0 Å². The maximum atomic E-state index is 4.72. The number of hydrogen-bond acceptors (Lipinski definition) is 2. The normalized spacial score (nSPS) is 11.8. The minimum Gasteiger partial charge on any atom is -0.255 e. The second kappa shape index (κ2) is 7.99. The molecule has 0 spiro atoms. The summed E-state index contributed by atoms with van der Waals surface area (Å²) in [6, 6.07) is 44.2. The Kier molecular flexibility index (Phi) is 4.46. The fourth-order valence-corrected chi connectivity index (χ4v) is 7.15. The van der Waals surface area contributed by atoms with Gasteiger partial charge in [-0.3, -0.25) is 4.98 Å². The van der Waals surface area contributed by atoms with Crippen LogP contribution in [-0.4, -0.2) is 4.98 Å². The topological polar surface area (TPSA) is 12.9 Å². The summed E-state index contributed by atoms with van der Waals surface area (Å²) in [6.07, 6.45) is 1.89. The molecule has 0 aliphatic heterocycles.